The van der Waals surface area contributed by atoms with Gasteiger partial charge in [0.25, 0.3) is 0 Å². The van der Waals surface area contributed by atoms with Gasteiger partial charge in [-0.2, -0.15) is 0 Å². The lowest BCUT2D eigenvalue weighted by atomic mass is 10.2. The van der Waals surface area contributed by atoms with Crippen LogP contribution in [-0.4, -0.2) is 28.8 Å². The summed E-state index contributed by atoms with van der Waals surface area (Å²) in [7, 11) is 1.63. The highest BCUT2D eigenvalue weighted by atomic mass is 32.1. The Hall–Kier alpha value is -1.53. The highest BCUT2D eigenvalue weighted by molar-refractivity contribution is 7.14. The summed E-state index contributed by atoms with van der Waals surface area (Å²) in [5.74, 6) is 0.719. The predicted molar refractivity (Wildman–Crippen MR) is 71.8 cm³/mol. The van der Waals surface area contributed by atoms with Crippen LogP contribution in [0, 0.1) is 0 Å². The van der Waals surface area contributed by atoms with Gasteiger partial charge >= 0.3 is 0 Å². The zero-order valence-corrected chi connectivity index (χ0v) is 11.5. The molecule has 0 aliphatic heterocycles. The number of nitrogens with one attached hydrogen (secondary N) is 1. The Labute approximate surface area is 110 Å². The van der Waals surface area contributed by atoms with Crippen LogP contribution in [0.1, 0.15) is 24.9 Å². The highest BCUT2D eigenvalue weighted by Gasteiger charge is 2.14. The quantitative estimate of drug-likeness (QED) is 0.897. The van der Waals surface area contributed by atoms with Crippen molar-refractivity contribution in [2.24, 2.45) is 0 Å². The minimum Gasteiger partial charge on any atom is -0.494 e. The van der Waals surface area contributed by atoms with Crippen LogP contribution in [0.15, 0.2) is 18.5 Å². The van der Waals surface area contributed by atoms with Crippen molar-refractivity contribution in [1.82, 2.24) is 20.5 Å². The first kappa shape index (κ1) is 12.9. The number of methoxy groups -OCH3 is 1. The molecule has 18 heavy (non-hydrogen) atoms. The van der Waals surface area contributed by atoms with Crippen molar-refractivity contribution >= 4 is 11.3 Å². The van der Waals surface area contributed by atoms with E-state index in [4.69, 9.17) is 4.74 Å². The molecule has 6 heteroatoms. The van der Waals surface area contributed by atoms with Crippen LogP contribution in [0.3, 0.4) is 0 Å². The molecule has 0 aliphatic rings. The molecule has 0 saturated carbocycles. The number of nitrogens with zero attached hydrogens (tertiary/aromatic N) is 3. The maximum atomic E-state index is 5.28. The second-order valence-corrected chi connectivity index (χ2v) is 4.81. The molecule has 2 heterocycles. The standard InChI is InChI=1S/C12H16N4OS/c1-4-14-8(2)11-15-16-12(18-11)9-5-6-13-7-10(9)17-3/h5-8,14H,4H2,1-3H3. The van der Waals surface area contributed by atoms with Crippen LogP contribution < -0.4 is 10.1 Å². The molecule has 0 fully saturated rings. The van der Waals surface area contributed by atoms with Gasteiger partial charge in [-0.25, -0.2) is 0 Å². The number of ether oxygens (including phenoxy) is 1. The number of rotatable bonds is 5. The molecule has 2 rings (SSSR count). The van der Waals surface area contributed by atoms with Crippen molar-refractivity contribution in [3.05, 3.63) is 23.5 Å². The van der Waals surface area contributed by atoms with E-state index in [-0.39, 0.29) is 6.04 Å². The molecule has 0 spiro atoms. The smallest absolute Gasteiger partial charge is 0.151 e. The molecular formula is C12H16N4OS. The third kappa shape index (κ3) is 2.65. The lowest BCUT2D eigenvalue weighted by Crippen LogP contribution is -2.17. The summed E-state index contributed by atoms with van der Waals surface area (Å²) >= 11 is 1.57. The third-order valence-electron chi connectivity index (χ3n) is 2.56. The normalized spacial score (nSPS) is 12.4. The van der Waals surface area contributed by atoms with Gasteiger partial charge in [-0.1, -0.05) is 18.3 Å². The summed E-state index contributed by atoms with van der Waals surface area (Å²) < 4.78 is 5.28. The van der Waals surface area contributed by atoms with E-state index in [2.05, 4.69) is 34.3 Å². The fraction of sp³-hybridized carbons (Fsp3) is 0.417. The van der Waals surface area contributed by atoms with Crippen LogP contribution in [0.25, 0.3) is 10.6 Å². The van der Waals surface area contributed by atoms with Gasteiger partial charge in [0.2, 0.25) is 0 Å². The maximum Gasteiger partial charge on any atom is 0.151 e. The van der Waals surface area contributed by atoms with Crippen LogP contribution in [0.5, 0.6) is 5.75 Å². The monoisotopic (exact) mass is 264 g/mol. The van der Waals surface area contributed by atoms with E-state index in [1.165, 1.54) is 0 Å². The minimum absolute atomic E-state index is 0.217. The first-order valence-electron chi connectivity index (χ1n) is 5.81. The molecule has 1 unspecified atom stereocenters. The fourth-order valence-corrected chi connectivity index (χ4v) is 2.53. The van der Waals surface area contributed by atoms with Gasteiger partial charge in [0.05, 0.1) is 24.9 Å². The molecule has 2 aromatic rings. The van der Waals surface area contributed by atoms with Crippen LogP contribution in [0.2, 0.25) is 0 Å². The fourth-order valence-electron chi connectivity index (χ4n) is 1.63. The van der Waals surface area contributed by atoms with Crippen molar-refractivity contribution in [3.8, 4) is 16.3 Å². The Morgan fingerprint density at radius 2 is 2.28 bits per heavy atom. The van der Waals surface area contributed by atoms with Crippen molar-refractivity contribution in [2.45, 2.75) is 19.9 Å². The van der Waals surface area contributed by atoms with Crippen LogP contribution >= 0.6 is 11.3 Å². The molecule has 0 aromatic carbocycles. The van der Waals surface area contributed by atoms with E-state index in [0.29, 0.717) is 0 Å². The molecular weight excluding hydrogens is 248 g/mol. The van der Waals surface area contributed by atoms with Crippen molar-refractivity contribution < 1.29 is 4.74 Å². The van der Waals surface area contributed by atoms with Crippen molar-refractivity contribution in [2.75, 3.05) is 13.7 Å². The van der Waals surface area contributed by atoms with E-state index < -0.39 is 0 Å². The Morgan fingerprint density at radius 3 is 3.00 bits per heavy atom. The molecule has 0 aliphatic carbocycles. The number of aromatic nitrogens is 3. The Bertz CT molecular complexity index is 514. The molecule has 0 amide bonds. The lowest BCUT2D eigenvalue weighted by molar-refractivity contribution is 0.414. The summed E-state index contributed by atoms with van der Waals surface area (Å²) in [4.78, 5) is 4.03. The molecule has 0 radical (unpaired) electrons. The maximum absolute atomic E-state index is 5.28. The van der Waals surface area contributed by atoms with Gasteiger partial charge < -0.3 is 10.1 Å². The van der Waals surface area contributed by atoms with E-state index in [0.717, 1.165) is 27.9 Å². The highest BCUT2D eigenvalue weighted by Crippen LogP contribution is 2.32. The molecule has 0 saturated heterocycles. The topological polar surface area (TPSA) is 59.9 Å². The molecule has 96 valence electrons. The van der Waals surface area contributed by atoms with Gasteiger partial charge in [-0.15, -0.1) is 10.2 Å². The summed E-state index contributed by atoms with van der Waals surface area (Å²) in [5, 5.41) is 13.6. The molecule has 1 N–H and O–H groups in total. The van der Waals surface area contributed by atoms with Crippen LogP contribution in [0.4, 0.5) is 0 Å². The van der Waals surface area contributed by atoms with Gasteiger partial charge in [-0.05, 0) is 19.5 Å². The predicted octanol–water partition coefficient (Wildman–Crippen LogP) is 2.28. The lowest BCUT2D eigenvalue weighted by Gasteiger charge is -2.06. The van der Waals surface area contributed by atoms with Gasteiger partial charge in [-0.3, -0.25) is 4.98 Å². The van der Waals surface area contributed by atoms with Crippen LogP contribution in [-0.2, 0) is 0 Å². The summed E-state index contributed by atoms with van der Waals surface area (Å²) in [6, 6.07) is 2.11. The van der Waals surface area contributed by atoms with Gasteiger partial charge in [0.1, 0.15) is 10.8 Å². The second kappa shape index (κ2) is 5.88. The minimum atomic E-state index is 0.217. The molecule has 5 nitrogen and oxygen atoms in total. The number of hydrogen-bond acceptors (Lipinski definition) is 6. The van der Waals surface area contributed by atoms with Gasteiger partial charge in [0, 0.05) is 6.20 Å². The SMILES string of the molecule is CCNC(C)c1nnc(-c2ccncc2OC)s1. The summed E-state index contributed by atoms with van der Waals surface area (Å²) in [6.45, 7) is 5.07. The molecule has 2 aromatic heterocycles. The molecule has 1 atom stereocenters. The largest absolute Gasteiger partial charge is 0.494 e. The number of pyridine rings is 1. The zero-order valence-electron chi connectivity index (χ0n) is 10.7. The Morgan fingerprint density at radius 1 is 1.44 bits per heavy atom. The third-order valence-corrected chi connectivity index (χ3v) is 3.70. The van der Waals surface area contributed by atoms with E-state index in [1.807, 2.05) is 6.07 Å². The Balaban J connectivity index is 2.29. The van der Waals surface area contributed by atoms with E-state index >= 15 is 0 Å². The number of hydrogen-bond donors (Lipinski definition) is 1. The summed E-state index contributed by atoms with van der Waals surface area (Å²) in [6.07, 6.45) is 3.41. The Kier molecular flexibility index (Phi) is 4.22. The van der Waals surface area contributed by atoms with E-state index in [9.17, 15) is 0 Å². The van der Waals surface area contributed by atoms with E-state index in [1.54, 1.807) is 30.8 Å². The van der Waals surface area contributed by atoms with Crippen molar-refractivity contribution in [3.63, 3.8) is 0 Å². The first-order valence-corrected chi connectivity index (χ1v) is 6.63. The zero-order chi connectivity index (χ0) is 13.0. The second-order valence-electron chi connectivity index (χ2n) is 3.80. The average molecular weight is 264 g/mol. The summed E-state index contributed by atoms with van der Waals surface area (Å²) in [5.41, 5.74) is 0.931. The average Bonchev–Trinajstić information content (AvgIpc) is 2.88. The molecule has 0 bridgehead atoms. The van der Waals surface area contributed by atoms with Gasteiger partial charge in [0.15, 0.2) is 5.01 Å². The van der Waals surface area contributed by atoms with Crippen molar-refractivity contribution in [1.29, 1.82) is 0 Å². The first-order chi connectivity index (χ1) is 8.76.